The molecule has 0 radical (unpaired) electrons. The van der Waals surface area contributed by atoms with Crippen LogP contribution in [-0.2, 0) is 28.3 Å². The predicted octanol–water partition coefficient (Wildman–Crippen LogP) is -27.2. The summed E-state index contributed by atoms with van der Waals surface area (Å²) in [6.07, 6.45) is -2.16. The van der Waals surface area contributed by atoms with Crippen molar-refractivity contribution < 1.29 is 236 Å². The van der Waals surface area contributed by atoms with Crippen LogP contribution in [-0.4, -0.2) is 72.6 Å². The molecule has 0 saturated carbocycles. The number of phosphoric ester groups is 1. The molecule has 0 aliphatic rings. The molecule has 0 spiro atoms. The fourth-order valence-electron chi connectivity index (χ4n) is 1.73. The Balaban J connectivity index is -0.000000192. The Morgan fingerprint density at radius 2 is 0.968 bits per heavy atom. The standard InChI is InChI=1S/C10H17N2O12P.6Na/c13-7(14)2-11(3-8(15)16)1-6(24-25(21,22)23)12(4-9(17)18)5-10(19)20;;;;;;/h6H,1-5H2,(H,13,14)(H,15,16)(H,17,18)(H,19,20)(H2,21,22,23);;;;;;/q;6*+1/p-6. The van der Waals surface area contributed by atoms with Crippen molar-refractivity contribution in [2.45, 2.75) is 6.23 Å². The van der Waals surface area contributed by atoms with Crippen molar-refractivity contribution in [1.82, 2.24) is 9.80 Å². The third kappa shape index (κ3) is 31.9. The maximum atomic E-state index is 10.8. The summed E-state index contributed by atoms with van der Waals surface area (Å²) in [4.78, 5) is 64.7. The molecule has 0 saturated heterocycles. The van der Waals surface area contributed by atoms with Crippen LogP contribution in [0.15, 0.2) is 0 Å². The van der Waals surface area contributed by atoms with Gasteiger partial charge in [0.05, 0.1) is 31.7 Å². The molecule has 14 nitrogen and oxygen atoms in total. The summed E-state index contributed by atoms with van der Waals surface area (Å²) in [5, 5.41) is 42.4. The van der Waals surface area contributed by atoms with Crippen LogP contribution in [0.4, 0.5) is 0 Å². The van der Waals surface area contributed by atoms with Crippen molar-refractivity contribution in [3.63, 3.8) is 0 Å². The summed E-state index contributed by atoms with van der Waals surface area (Å²) in [6, 6.07) is 0. The molecule has 0 aliphatic carbocycles. The molecule has 0 N–H and O–H groups in total. The van der Waals surface area contributed by atoms with E-state index in [-0.39, 0.29) is 182 Å². The van der Waals surface area contributed by atoms with Crippen LogP contribution in [0.2, 0.25) is 0 Å². The van der Waals surface area contributed by atoms with Gasteiger partial charge in [0.15, 0.2) is 0 Å². The largest absolute Gasteiger partial charge is 1.00 e. The number of carbonyl (C=O) groups excluding carboxylic acids is 4. The number of nitrogens with zero attached hydrogens (tertiary/aromatic N) is 2. The molecule has 0 rings (SSSR count). The van der Waals surface area contributed by atoms with Crippen molar-refractivity contribution in [3.8, 4) is 0 Å². The molecule has 31 heavy (non-hydrogen) atoms. The van der Waals surface area contributed by atoms with E-state index in [1.165, 1.54) is 0 Å². The molecular formula is C10H11N2Na6O12P. The van der Waals surface area contributed by atoms with E-state index in [4.69, 9.17) is 0 Å². The third-order valence-corrected chi connectivity index (χ3v) is 2.94. The van der Waals surface area contributed by atoms with Gasteiger partial charge in [0, 0.05) is 32.7 Å². The van der Waals surface area contributed by atoms with Crippen LogP contribution >= 0.6 is 7.82 Å². The Kier molecular flexibility index (Phi) is 44.8. The molecule has 0 fully saturated rings. The van der Waals surface area contributed by atoms with Gasteiger partial charge in [0.2, 0.25) is 0 Å². The number of hydrogen-bond acceptors (Lipinski definition) is 14. The van der Waals surface area contributed by atoms with Crippen LogP contribution < -0.4 is 208 Å². The second kappa shape index (κ2) is 27.0. The van der Waals surface area contributed by atoms with Gasteiger partial charge in [-0.25, -0.2) is 0 Å². The molecule has 1 atom stereocenters. The minimum atomic E-state index is -5.81. The Labute approximate surface area is 310 Å². The zero-order valence-corrected chi connectivity index (χ0v) is 31.2. The SMILES string of the molecule is O=C([O-])CN(CC(=O)[O-])CC(OP(=O)([O-])[O-])N(CC(=O)[O-])CC(=O)[O-].[Na+].[Na+].[Na+].[Na+].[Na+].[Na+]. The molecular weight excluding hydrogens is 509 g/mol. The van der Waals surface area contributed by atoms with Crippen LogP contribution in [0.3, 0.4) is 0 Å². The topological polar surface area (TPSA) is 239 Å². The van der Waals surface area contributed by atoms with Gasteiger partial charge in [-0.15, -0.1) is 0 Å². The van der Waals surface area contributed by atoms with E-state index in [9.17, 15) is 54.0 Å². The van der Waals surface area contributed by atoms with E-state index in [1.807, 2.05) is 0 Å². The van der Waals surface area contributed by atoms with E-state index >= 15 is 0 Å². The van der Waals surface area contributed by atoms with Crippen molar-refractivity contribution in [2.24, 2.45) is 0 Å². The number of aliphatic carboxylic acids is 4. The number of rotatable bonds is 13. The Bertz CT molecular complexity index is 550. The number of carboxylic acid groups (broad SMARTS) is 4. The first-order valence-electron chi connectivity index (χ1n) is 6.26. The second-order valence-electron chi connectivity index (χ2n) is 4.57. The van der Waals surface area contributed by atoms with E-state index in [0.29, 0.717) is 4.90 Å². The quantitative estimate of drug-likeness (QED) is 0.124. The van der Waals surface area contributed by atoms with Gasteiger partial charge >= 0.3 is 177 Å². The van der Waals surface area contributed by atoms with Gasteiger partial charge in [-0.3, -0.25) is 9.80 Å². The van der Waals surface area contributed by atoms with E-state index in [2.05, 4.69) is 4.52 Å². The first kappa shape index (κ1) is 51.5. The predicted molar refractivity (Wildman–Crippen MR) is 60.5 cm³/mol. The molecule has 1 unspecified atom stereocenters. The summed E-state index contributed by atoms with van der Waals surface area (Å²) in [5.41, 5.74) is 0. The monoisotopic (exact) mass is 520 g/mol. The second-order valence-corrected chi connectivity index (χ2v) is 5.68. The Morgan fingerprint density at radius 1 is 0.677 bits per heavy atom. The molecule has 0 amide bonds. The van der Waals surface area contributed by atoms with Gasteiger partial charge in [0.25, 0.3) is 0 Å². The third-order valence-electron chi connectivity index (χ3n) is 2.44. The molecule has 0 aromatic carbocycles. The normalized spacial score (nSPS) is 10.5. The van der Waals surface area contributed by atoms with Crippen LogP contribution in [0.25, 0.3) is 0 Å². The minimum absolute atomic E-state index is 0. The summed E-state index contributed by atoms with van der Waals surface area (Å²) in [5.74, 6) is -7.40. The van der Waals surface area contributed by atoms with Gasteiger partial charge in [0.1, 0.15) is 6.23 Å². The minimum Gasteiger partial charge on any atom is -0.790 e. The Hall–Kier alpha value is 3.91. The number of carbonyl (C=O) groups is 4. The van der Waals surface area contributed by atoms with Crippen molar-refractivity contribution in [2.75, 3.05) is 32.7 Å². The molecule has 0 aromatic rings. The molecule has 0 bridgehead atoms. The summed E-state index contributed by atoms with van der Waals surface area (Å²) in [6.45, 7) is -5.69. The molecule has 144 valence electrons. The number of carboxylic acids is 4. The molecule has 21 heteroatoms. The fraction of sp³-hybridized carbons (Fsp3) is 0.600. The van der Waals surface area contributed by atoms with Gasteiger partial charge in [-0.05, 0) is 0 Å². The van der Waals surface area contributed by atoms with Crippen LogP contribution in [0, 0.1) is 0 Å². The average molecular weight is 520 g/mol. The summed E-state index contributed by atoms with van der Waals surface area (Å²) in [7, 11) is -5.81. The van der Waals surface area contributed by atoms with E-state index in [1.54, 1.807) is 0 Å². The number of hydrogen-bond donors (Lipinski definition) is 0. The molecule has 0 aliphatic heterocycles. The van der Waals surface area contributed by atoms with E-state index in [0.717, 1.165) is 0 Å². The van der Waals surface area contributed by atoms with Gasteiger partial charge in [-0.2, -0.15) is 0 Å². The fourth-order valence-corrected chi connectivity index (χ4v) is 2.22. The van der Waals surface area contributed by atoms with Crippen molar-refractivity contribution in [1.29, 1.82) is 0 Å². The average Bonchev–Trinajstić information content (AvgIpc) is 2.32. The molecule has 0 heterocycles. The zero-order valence-electron chi connectivity index (χ0n) is 18.4. The van der Waals surface area contributed by atoms with Gasteiger partial charge < -0.3 is 58.5 Å². The van der Waals surface area contributed by atoms with Crippen molar-refractivity contribution in [3.05, 3.63) is 0 Å². The van der Waals surface area contributed by atoms with Crippen LogP contribution in [0.1, 0.15) is 0 Å². The maximum absolute atomic E-state index is 10.8. The molecule has 0 aromatic heterocycles. The maximum Gasteiger partial charge on any atom is 1.00 e. The Morgan fingerprint density at radius 3 is 1.19 bits per heavy atom. The van der Waals surface area contributed by atoms with Gasteiger partial charge in [-0.1, -0.05) is 0 Å². The smallest absolute Gasteiger partial charge is 0.790 e. The first-order chi connectivity index (χ1) is 11.3. The number of phosphoric acid groups is 1. The summed E-state index contributed by atoms with van der Waals surface area (Å²) < 4.78 is 14.8. The first-order valence-corrected chi connectivity index (χ1v) is 7.72. The van der Waals surface area contributed by atoms with E-state index < -0.39 is 70.7 Å². The van der Waals surface area contributed by atoms with Crippen molar-refractivity contribution >= 4 is 31.7 Å². The summed E-state index contributed by atoms with van der Waals surface area (Å²) >= 11 is 0. The van der Waals surface area contributed by atoms with Crippen LogP contribution in [0.5, 0.6) is 0 Å². The zero-order chi connectivity index (χ0) is 19.8.